The van der Waals surface area contributed by atoms with E-state index in [2.05, 4.69) is 5.32 Å². The van der Waals surface area contributed by atoms with Crippen LogP contribution in [0.3, 0.4) is 0 Å². The van der Waals surface area contributed by atoms with E-state index in [-0.39, 0.29) is 5.69 Å². The number of benzene rings is 2. The molecule has 132 valence electrons. The Hall–Kier alpha value is -2.76. The highest BCUT2D eigenvalue weighted by Gasteiger charge is 2.33. The monoisotopic (exact) mass is 347 g/mol. The van der Waals surface area contributed by atoms with E-state index < -0.39 is 35.0 Å². The Morgan fingerprint density at radius 3 is 2.36 bits per heavy atom. The molecule has 0 spiro atoms. The lowest BCUT2D eigenvalue weighted by atomic mass is 9.85. The lowest BCUT2D eigenvalue weighted by Gasteiger charge is -2.25. The van der Waals surface area contributed by atoms with Gasteiger partial charge in [0, 0.05) is 6.07 Å². The number of nitrogens with one attached hydrogen (secondary N) is 1. The molecule has 0 heterocycles. The molecule has 4 nitrogen and oxygen atoms in total. The first-order chi connectivity index (χ1) is 11.7. The van der Waals surface area contributed by atoms with Crippen molar-refractivity contribution in [3.05, 3.63) is 65.7 Å². The first kappa shape index (κ1) is 18.6. The molecule has 0 radical (unpaired) electrons. The SMILES string of the molecule is C[C@H](OC(=O)C(C)(C)c1ccccc1)C(=O)Nc1cc(F)ccc1F. The van der Waals surface area contributed by atoms with E-state index in [4.69, 9.17) is 4.74 Å². The molecular formula is C19H19F2NO3. The summed E-state index contributed by atoms with van der Waals surface area (Å²) in [6.45, 7) is 4.73. The predicted molar refractivity (Wildman–Crippen MR) is 90.0 cm³/mol. The maximum Gasteiger partial charge on any atom is 0.316 e. The van der Waals surface area contributed by atoms with Crippen molar-refractivity contribution in [1.82, 2.24) is 0 Å². The summed E-state index contributed by atoms with van der Waals surface area (Å²) in [6, 6.07) is 11.7. The van der Waals surface area contributed by atoms with Gasteiger partial charge in [-0.15, -0.1) is 0 Å². The lowest BCUT2D eigenvalue weighted by molar-refractivity contribution is -0.158. The van der Waals surface area contributed by atoms with Crippen LogP contribution in [0.25, 0.3) is 0 Å². The zero-order chi connectivity index (χ0) is 18.6. The van der Waals surface area contributed by atoms with E-state index in [9.17, 15) is 18.4 Å². The van der Waals surface area contributed by atoms with E-state index in [1.165, 1.54) is 6.92 Å². The highest BCUT2D eigenvalue weighted by molar-refractivity contribution is 5.96. The fraction of sp³-hybridized carbons (Fsp3) is 0.263. The van der Waals surface area contributed by atoms with Crippen molar-refractivity contribution in [2.75, 3.05) is 5.32 Å². The third-order valence-electron chi connectivity index (χ3n) is 3.85. The second-order valence-corrected chi connectivity index (χ2v) is 6.15. The molecule has 0 fully saturated rings. The molecule has 0 aromatic heterocycles. The van der Waals surface area contributed by atoms with Crippen molar-refractivity contribution in [3.63, 3.8) is 0 Å². The summed E-state index contributed by atoms with van der Waals surface area (Å²) in [5.74, 6) is -2.81. The number of anilines is 1. The first-order valence-corrected chi connectivity index (χ1v) is 7.74. The van der Waals surface area contributed by atoms with Crippen molar-refractivity contribution in [3.8, 4) is 0 Å². The van der Waals surface area contributed by atoms with Gasteiger partial charge in [0.25, 0.3) is 5.91 Å². The average Bonchev–Trinajstić information content (AvgIpc) is 2.58. The molecule has 0 aliphatic heterocycles. The first-order valence-electron chi connectivity index (χ1n) is 7.74. The van der Waals surface area contributed by atoms with Gasteiger partial charge in [-0.05, 0) is 38.5 Å². The van der Waals surface area contributed by atoms with Gasteiger partial charge in [-0.2, -0.15) is 0 Å². The van der Waals surface area contributed by atoms with Crippen molar-refractivity contribution in [2.45, 2.75) is 32.3 Å². The van der Waals surface area contributed by atoms with E-state index in [1.54, 1.807) is 38.1 Å². The Kier molecular flexibility index (Phi) is 5.51. The van der Waals surface area contributed by atoms with Crippen LogP contribution >= 0.6 is 0 Å². The zero-order valence-electron chi connectivity index (χ0n) is 14.2. The van der Waals surface area contributed by atoms with Crippen LogP contribution in [0.1, 0.15) is 26.3 Å². The number of rotatable bonds is 5. The van der Waals surface area contributed by atoms with Gasteiger partial charge < -0.3 is 10.1 Å². The molecule has 0 aliphatic carbocycles. The summed E-state index contributed by atoms with van der Waals surface area (Å²) in [5, 5.41) is 2.22. The quantitative estimate of drug-likeness (QED) is 0.837. The maximum atomic E-state index is 13.6. The summed E-state index contributed by atoms with van der Waals surface area (Å²) in [4.78, 5) is 24.5. The third kappa shape index (κ3) is 4.41. The molecule has 0 saturated heterocycles. The number of ether oxygens (including phenoxy) is 1. The maximum absolute atomic E-state index is 13.6. The lowest BCUT2D eigenvalue weighted by Crippen LogP contribution is -2.37. The van der Waals surface area contributed by atoms with Crippen molar-refractivity contribution in [2.24, 2.45) is 0 Å². The van der Waals surface area contributed by atoms with Gasteiger partial charge in [0.1, 0.15) is 11.6 Å². The van der Waals surface area contributed by atoms with E-state index in [1.807, 2.05) is 6.07 Å². The van der Waals surface area contributed by atoms with E-state index in [0.717, 1.165) is 23.8 Å². The minimum Gasteiger partial charge on any atom is -0.452 e. The van der Waals surface area contributed by atoms with E-state index >= 15 is 0 Å². The molecule has 1 atom stereocenters. The molecule has 6 heteroatoms. The Bertz CT molecular complexity index is 775. The van der Waals surface area contributed by atoms with Gasteiger partial charge in [-0.25, -0.2) is 8.78 Å². The summed E-state index contributed by atoms with van der Waals surface area (Å²) >= 11 is 0. The largest absolute Gasteiger partial charge is 0.452 e. The number of esters is 1. The Labute approximate surface area is 144 Å². The Balaban J connectivity index is 2.05. The topological polar surface area (TPSA) is 55.4 Å². The van der Waals surface area contributed by atoms with Gasteiger partial charge in [0.05, 0.1) is 11.1 Å². The average molecular weight is 347 g/mol. The smallest absolute Gasteiger partial charge is 0.316 e. The van der Waals surface area contributed by atoms with Crippen molar-refractivity contribution < 1.29 is 23.1 Å². The third-order valence-corrected chi connectivity index (χ3v) is 3.85. The van der Waals surface area contributed by atoms with Gasteiger partial charge in [0.2, 0.25) is 0 Å². The highest BCUT2D eigenvalue weighted by Crippen LogP contribution is 2.25. The molecule has 1 N–H and O–H groups in total. The molecule has 25 heavy (non-hydrogen) atoms. The van der Waals surface area contributed by atoms with Crippen LogP contribution in [-0.4, -0.2) is 18.0 Å². The molecule has 2 aromatic rings. The summed E-state index contributed by atoms with van der Waals surface area (Å²) in [6.07, 6.45) is -1.17. The van der Waals surface area contributed by atoms with Gasteiger partial charge in [0.15, 0.2) is 6.10 Å². The van der Waals surface area contributed by atoms with Crippen LogP contribution in [-0.2, 0) is 19.7 Å². The molecule has 0 aliphatic rings. The van der Waals surface area contributed by atoms with Crippen molar-refractivity contribution in [1.29, 1.82) is 0 Å². The summed E-state index contributed by atoms with van der Waals surface area (Å²) < 4.78 is 31.9. The second kappa shape index (κ2) is 7.42. The number of carbonyl (C=O) groups is 2. The van der Waals surface area contributed by atoms with E-state index in [0.29, 0.717) is 0 Å². The Morgan fingerprint density at radius 2 is 1.72 bits per heavy atom. The summed E-state index contributed by atoms with van der Waals surface area (Å²) in [5.41, 5.74) is -0.529. The standard InChI is InChI=1S/C19H19F2NO3/c1-12(17(23)22-16-11-14(20)9-10-15(16)21)25-18(24)19(2,3)13-7-5-4-6-8-13/h4-12H,1-3H3,(H,22,23)/t12-/m0/s1. The number of halogens is 2. The van der Waals surface area contributed by atoms with Crippen LogP contribution in [0, 0.1) is 11.6 Å². The number of hydrogen-bond donors (Lipinski definition) is 1. The van der Waals surface area contributed by atoms with Crippen LogP contribution in [0.2, 0.25) is 0 Å². The van der Waals surface area contributed by atoms with Gasteiger partial charge >= 0.3 is 5.97 Å². The summed E-state index contributed by atoms with van der Waals surface area (Å²) in [7, 11) is 0. The number of carbonyl (C=O) groups excluding carboxylic acids is 2. The molecule has 2 aromatic carbocycles. The normalized spacial score (nSPS) is 12.4. The molecular weight excluding hydrogens is 328 g/mol. The predicted octanol–water partition coefficient (Wildman–Crippen LogP) is 3.81. The number of hydrogen-bond acceptors (Lipinski definition) is 3. The van der Waals surface area contributed by atoms with Gasteiger partial charge in [-0.1, -0.05) is 30.3 Å². The van der Waals surface area contributed by atoms with Crippen LogP contribution in [0.5, 0.6) is 0 Å². The van der Waals surface area contributed by atoms with Crippen LogP contribution < -0.4 is 5.32 Å². The second-order valence-electron chi connectivity index (χ2n) is 6.15. The van der Waals surface area contributed by atoms with Crippen molar-refractivity contribution >= 4 is 17.6 Å². The molecule has 2 rings (SSSR count). The van der Waals surface area contributed by atoms with Crippen LogP contribution in [0.15, 0.2) is 48.5 Å². The molecule has 1 amide bonds. The zero-order valence-corrected chi connectivity index (χ0v) is 14.2. The molecule has 0 saturated carbocycles. The fourth-order valence-corrected chi connectivity index (χ4v) is 2.16. The highest BCUT2D eigenvalue weighted by atomic mass is 19.1. The van der Waals surface area contributed by atoms with Gasteiger partial charge in [-0.3, -0.25) is 9.59 Å². The molecule has 0 unspecified atom stereocenters. The number of amides is 1. The minimum absolute atomic E-state index is 0.310. The van der Waals surface area contributed by atoms with Crippen LogP contribution in [0.4, 0.5) is 14.5 Å². The Morgan fingerprint density at radius 1 is 1.08 bits per heavy atom. The minimum atomic E-state index is -1.17. The molecule has 0 bridgehead atoms. The fourth-order valence-electron chi connectivity index (χ4n) is 2.16.